The molecule has 0 aliphatic heterocycles. The maximum Gasteiger partial charge on any atom is 0.137 e. The number of fused-ring (bicyclic) bond motifs is 1. The van der Waals surface area contributed by atoms with E-state index in [2.05, 4.69) is 21.0 Å². The highest BCUT2D eigenvalue weighted by atomic mass is 32.1. The van der Waals surface area contributed by atoms with Crippen molar-refractivity contribution in [3.05, 3.63) is 35.6 Å². The summed E-state index contributed by atoms with van der Waals surface area (Å²) in [6.45, 7) is 0. The van der Waals surface area contributed by atoms with E-state index in [-0.39, 0.29) is 0 Å². The van der Waals surface area contributed by atoms with Gasteiger partial charge in [-0.25, -0.2) is 9.97 Å². The molecule has 0 atom stereocenters. The van der Waals surface area contributed by atoms with E-state index >= 15 is 0 Å². The molecule has 3 aromatic heterocycles. The number of hydrogen-bond donors (Lipinski definition) is 1. The number of rotatable bonds is 2. The molecule has 1 aliphatic carbocycles. The molecular formula is C16H15N3OS. The van der Waals surface area contributed by atoms with E-state index < -0.39 is 0 Å². The number of aromatic amines is 1. The Morgan fingerprint density at radius 2 is 2.10 bits per heavy atom. The number of thiazole rings is 1. The van der Waals surface area contributed by atoms with Crippen LogP contribution in [0.5, 0.6) is 0 Å². The molecule has 0 spiro atoms. The second-order valence-electron chi connectivity index (χ2n) is 5.52. The molecule has 21 heavy (non-hydrogen) atoms. The van der Waals surface area contributed by atoms with Crippen LogP contribution in [0.25, 0.3) is 21.6 Å². The summed E-state index contributed by atoms with van der Waals surface area (Å²) in [5, 5.41) is 4.12. The number of ketones is 1. The van der Waals surface area contributed by atoms with Crippen LogP contribution in [0, 0.1) is 0 Å². The van der Waals surface area contributed by atoms with Crippen LogP contribution in [0.1, 0.15) is 37.2 Å². The minimum absolute atomic E-state index is 0.394. The lowest BCUT2D eigenvalue weighted by Gasteiger charge is -2.20. The van der Waals surface area contributed by atoms with Crippen LogP contribution in [-0.2, 0) is 4.79 Å². The van der Waals surface area contributed by atoms with E-state index in [0.717, 1.165) is 34.4 Å². The number of nitrogens with one attached hydrogen (secondary N) is 1. The van der Waals surface area contributed by atoms with Gasteiger partial charge in [0.15, 0.2) is 0 Å². The number of carbonyl (C=O) groups excluding carboxylic acids is 1. The normalized spacial score (nSPS) is 16.7. The van der Waals surface area contributed by atoms with Crippen LogP contribution in [0.4, 0.5) is 0 Å². The predicted octanol–water partition coefficient (Wildman–Crippen LogP) is 3.91. The third-order valence-corrected chi connectivity index (χ3v) is 5.04. The summed E-state index contributed by atoms with van der Waals surface area (Å²) in [6.07, 6.45) is 9.05. The van der Waals surface area contributed by atoms with Gasteiger partial charge in [-0.3, -0.25) is 4.79 Å². The first-order valence-corrected chi connectivity index (χ1v) is 8.08. The van der Waals surface area contributed by atoms with Crippen molar-refractivity contribution in [2.24, 2.45) is 0 Å². The molecule has 1 fully saturated rings. The van der Waals surface area contributed by atoms with Gasteiger partial charge in [-0.1, -0.05) is 0 Å². The van der Waals surface area contributed by atoms with Crippen LogP contribution in [0.3, 0.4) is 0 Å². The molecule has 4 nitrogen and oxygen atoms in total. The second kappa shape index (κ2) is 5.07. The van der Waals surface area contributed by atoms with Crippen molar-refractivity contribution < 1.29 is 4.79 Å². The van der Waals surface area contributed by atoms with E-state index in [1.807, 2.05) is 24.0 Å². The maximum absolute atomic E-state index is 11.4. The van der Waals surface area contributed by atoms with Crippen molar-refractivity contribution in [3.8, 4) is 10.6 Å². The van der Waals surface area contributed by atoms with Gasteiger partial charge in [0.25, 0.3) is 0 Å². The van der Waals surface area contributed by atoms with Gasteiger partial charge in [0, 0.05) is 47.8 Å². The van der Waals surface area contributed by atoms with Crippen LogP contribution in [0.2, 0.25) is 0 Å². The molecule has 1 aliphatic rings. The van der Waals surface area contributed by atoms with Gasteiger partial charge in [0.1, 0.15) is 16.4 Å². The number of nitrogens with zero attached hydrogens (tertiary/aromatic N) is 2. The fourth-order valence-corrected chi connectivity index (χ4v) is 3.72. The molecule has 0 radical (unpaired) electrons. The van der Waals surface area contributed by atoms with Gasteiger partial charge in [0.2, 0.25) is 0 Å². The van der Waals surface area contributed by atoms with Crippen molar-refractivity contribution >= 4 is 28.2 Å². The molecule has 0 aromatic carbocycles. The topological polar surface area (TPSA) is 58.6 Å². The Bertz CT molecular complexity index is 781. The highest BCUT2D eigenvalue weighted by Gasteiger charge is 2.21. The lowest BCUT2D eigenvalue weighted by molar-refractivity contribution is -0.120. The first-order valence-electron chi connectivity index (χ1n) is 7.20. The second-order valence-corrected chi connectivity index (χ2v) is 6.41. The Kier molecular flexibility index (Phi) is 3.07. The molecule has 5 heteroatoms. The molecular weight excluding hydrogens is 282 g/mol. The fraction of sp³-hybridized carbons (Fsp3) is 0.312. The number of pyridine rings is 1. The van der Waals surface area contributed by atoms with Crippen LogP contribution >= 0.6 is 11.3 Å². The highest BCUT2D eigenvalue weighted by molar-refractivity contribution is 7.13. The van der Waals surface area contributed by atoms with Gasteiger partial charge < -0.3 is 4.98 Å². The van der Waals surface area contributed by atoms with E-state index in [9.17, 15) is 4.79 Å². The summed E-state index contributed by atoms with van der Waals surface area (Å²) in [5.41, 5.74) is 3.25. The fourth-order valence-electron chi connectivity index (χ4n) is 3.05. The lowest BCUT2D eigenvalue weighted by Crippen LogP contribution is -2.12. The lowest BCUT2D eigenvalue weighted by atomic mass is 9.84. The molecule has 3 heterocycles. The van der Waals surface area contributed by atoms with Crippen molar-refractivity contribution in [1.29, 1.82) is 0 Å². The van der Waals surface area contributed by atoms with Crippen LogP contribution in [-0.4, -0.2) is 20.7 Å². The Hall–Kier alpha value is -2.01. The Morgan fingerprint density at radius 1 is 1.24 bits per heavy atom. The van der Waals surface area contributed by atoms with E-state index in [1.54, 1.807) is 11.3 Å². The third kappa shape index (κ3) is 2.27. The van der Waals surface area contributed by atoms with Crippen molar-refractivity contribution in [2.45, 2.75) is 31.6 Å². The minimum Gasteiger partial charge on any atom is -0.345 e. The number of aromatic nitrogens is 3. The van der Waals surface area contributed by atoms with E-state index in [1.165, 1.54) is 5.56 Å². The first kappa shape index (κ1) is 12.7. The van der Waals surface area contributed by atoms with Crippen LogP contribution < -0.4 is 0 Å². The number of Topliss-reactive ketones (excluding diaryl/α,β-unsaturated/α-hetero) is 1. The Balaban J connectivity index is 1.75. The summed E-state index contributed by atoms with van der Waals surface area (Å²) >= 11 is 1.63. The van der Waals surface area contributed by atoms with Crippen molar-refractivity contribution in [2.75, 3.05) is 0 Å². The average Bonchev–Trinajstić information content (AvgIpc) is 3.16. The summed E-state index contributed by atoms with van der Waals surface area (Å²) in [4.78, 5) is 23.5. The summed E-state index contributed by atoms with van der Waals surface area (Å²) in [7, 11) is 0. The van der Waals surface area contributed by atoms with Gasteiger partial charge in [0.05, 0.1) is 0 Å². The standard InChI is InChI=1S/C16H15N3OS/c20-12-3-1-10(2-4-12)11-7-13-14(16-17-5-6-21-16)9-19-15(13)18-8-11/h5-10H,1-4H2,(H,18,19). The Labute approximate surface area is 126 Å². The SMILES string of the molecule is O=C1CCC(c2cnc3[nH]cc(-c4nccs4)c3c2)CC1. The summed E-state index contributed by atoms with van der Waals surface area (Å²) in [5.74, 6) is 0.851. The summed E-state index contributed by atoms with van der Waals surface area (Å²) in [6, 6.07) is 2.22. The Morgan fingerprint density at radius 3 is 2.86 bits per heavy atom. The zero-order valence-corrected chi connectivity index (χ0v) is 12.3. The van der Waals surface area contributed by atoms with Crippen molar-refractivity contribution in [1.82, 2.24) is 15.0 Å². The van der Waals surface area contributed by atoms with Gasteiger partial charge >= 0.3 is 0 Å². The number of H-pyrrole nitrogens is 1. The summed E-state index contributed by atoms with van der Waals surface area (Å²) < 4.78 is 0. The molecule has 0 bridgehead atoms. The van der Waals surface area contributed by atoms with E-state index in [4.69, 9.17) is 0 Å². The monoisotopic (exact) mass is 297 g/mol. The maximum atomic E-state index is 11.4. The van der Waals surface area contributed by atoms with E-state index in [0.29, 0.717) is 24.5 Å². The van der Waals surface area contributed by atoms with Gasteiger partial charge in [-0.2, -0.15) is 0 Å². The average molecular weight is 297 g/mol. The molecule has 3 aromatic rings. The predicted molar refractivity (Wildman–Crippen MR) is 83.4 cm³/mol. The molecule has 4 rings (SSSR count). The van der Waals surface area contributed by atoms with Crippen LogP contribution in [0.15, 0.2) is 30.0 Å². The third-order valence-electron chi connectivity index (χ3n) is 4.23. The molecule has 1 saturated carbocycles. The van der Waals surface area contributed by atoms with Gasteiger partial charge in [-0.15, -0.1) is 11.3 Å². The molecule has 0 saturated heterocycles. The largest absolute Gasteiger partial charge is 0.345 e. The first-order chi connectivity index (χ1) is 10.3. The smallest absolute Gasteiger partial charge is 0.137 e. The highest BCUT2D eigenvalue weighted by Crippen LogP contribution is 2.35. The zero-order valence-electron chi connectivity index (χ0n) is 11.5. The van der Waals surface area contributed by atoms with Crippen molar-refractivity contribution in [3.63, 3.8) is 0 Å². The van der Waals surface area contributed by atoms with Gasteiger partial charge in [-0.05, 0) is 30.4 Å². The minimum atomic E-state index is 0.394. The zero-order chi connectivity index (χ0) is 14.2. The number of hydrogen-bond acceptors (Lipinski definition) is 4. The molecule has 1 N–H and O–H groups in total. The quantitative estimate of drug-likeness (QED) is 0.780. The number of carbonyl (C=O) groups is 1. The molecule has 106 valence electrons. The molecule has 0 unspecified atom stereocenters. The molecule has 0 amide bonds.